The largest absolute Gasteiger partial charge is 0.465 e. The molecule has 6 heteroatoms. The fourth-order valence-corrected chi connectivity index (χ4v) is 4.72. The van der Waals surface area contributed by atoms with E-state index in [-0.39, 0.29) is 17.8 Å². The lowest BCUT2D eigenvalue weighted by Crippen LogP contribution is -2.42. The van der Waals surface area contributed by atoms with Gasteiger partial charge in [0.1, 0.15) is 11.4 Å². The molecule has 0 aliphatic heterocycles. The summed E-state index contributed by atoms with van der Waals surface area (Å²) in [4.78, 5) is 12.8. The van der Waals surface area contributed by atoms with Crippen LogP contribution in [0.1, 0.15) is 86.0 Å². The maximum absolute atomic E-state index is 12.8. The van der Waals surface area contributed by atoms with Crippen LogP contribution in [0.25, 0.3) is 0 Å². The summed E-state index contributed by atoms with van der Waals surface area (Å²) in [7, 11) is 0. The van der Waals surface area contributed by atoms with Gasteiger partial charge in [0.15, 0.2) is 12.6 Å². The molecule has 0 radical (unpaired) electrons. The summed E-state index contributed by atoms with van der Waals surface area (Å²) in [6.07, 6.45) is 9.71. The lowest BCUT2D eigenvalue weighted by molar-refractivity contribution is -0.197. The summed E-state index contributed by atoms with van der Waals surface area (Å²) >= 11 is 0. The van der Waals surface area contributed by atoms with Gasteiger partial charge in [-0.05, 0) is 85.3 Å². The van der Waals surface area contributed by atoms with Crippen LogP contribution in [0.3, 0.4) is 0 Å². The van der Waals surface area contributed by atoms with Gasteiger partial charge in [0.25, 0.3) is 0 Å². The van der Waals surface area contributed by atoms with E-state index in [1.165, 1.54) is 0 Å². The Labute approximate surface area is 193 Å². The van der Waals surface area contributed by atoms with Crippen molar-refractivity contribution in [2.45, 2.75) is 110 Å². The first-order valence-electron chi connectivity index (χ1n) is 11.8. The zero-order chi connectivity index (χ0) is 23.9. The van der Waals surface area contributed by atoms with Crippen LogP contribution in [-0.2, 0) is 19.0 Å². The van der Waals surface area contributed by atoms with Crippen molar-refractivity contribution >= 4 is 5.97 Å². The normalized spacial score (nSPS) is 23.8. The molecule has 6 nitrogen and oxygen atoms in total. The minimum atomic E-state index is -0.933. The smallest absolute Gasteiger partial charge is 0.309 e. The second-order valence-corrected chi connectivity index (χ2v) is 10.6. The molecule has 0 aromatic heterocycles. The molecule has 2 aliphatic carbocycles. The molecule has 0 aromatic carbocycles. The third-order valence-corrected chi connectivity index (χ3v) is 5.93. The quantitative estimate of drug-likeness (QED) is 0.257. The minimum absolute atomic E-state index is 0.0189. The molecular weight excluding hydrogens is 408 g/mol. The van der Waals surface area contributed by atoms with Crippen molar-refractivity contribution in [1.29, 1.82) is 0 Å². The molecule has 1 saturated carbocycles. The number of hydrogen-bond acceptors (Lipinski definition) is 6. The minimum Gasteiger partial charge on any atom is -0.465 e. The number of carbonyl (C=O) groups excluding carboxylic acids is 1. The Hall–Kier alpha value is -1.63. The van der Waals surface area contributed by atoms with Crippen LogP contribution in [0.4, 0.5) is 0 Å². The van der Waals surface area contributed by atoms with E-state index in [1.807, 2.05) is 52.8 Å². The molecule has 182 valence electrons. The average Bonchev–Trinajstić information content (AvgIpc) is 2.66. The third-order valence-electron chi connectivity index (χ3n) is 5.93. The molecule has 0 aromatic rings. The van der Waals surface area contributed by atoms with Crippen molar-refractivity contribution in [2.24, 2.45) is 11.8 Å². The van der Waals surface area contributed by atoms with Crippen molar-refractivity contribution in [1.82, 2.24) is 0 Å². The van der Waals surface area contributed by atoms with E-state index >= 15 is 0 Å². The van der Waals surface area contributed by atoms with Crippen LogP contribution in [-0.4, -0.2) is 40.0 Å². The summed E-state index contributed by atoms with van der Waals surface area (Å²) < 4.78 is 17.3. The molecule has 32 heavy (non-hydrogen) atoms. The second kappa shape index (κ2) is 11.5. The fraction of sp³-hybridized carbons (Fsp3) is 0.731. The summed E-state index contributed by atoms with van der Waals surface area (Å²) in [6.45, 7) is 13.1. The van der Waals surface area contributed by atoms with Gasteiger partial charge in [0, 0.05) is 18.8 Å². The lowest BCUT2D eigenvalue weighted by Gasteiger charge is -2.37. The highest BCUT2D eigenvalue weighted by molar-refractivity contribution is 5.73. The molecule has 0 saturated heterocycles. The highest BCUT2D eigenvalue weighted by atomic mass is 16.6. The van der Waals surface area contributed by atoms with Crippen LogP contribution in [0, 0.1) is 11.8 Å². The molecule has 2 N–H and O–H groups in total. The van der Waals surface area contributed by atoms with E-state index in [2.05, 4.69) is 6.58 Å². The van der Waals surface area contributed by atoms with Crippen LogP contribution < -0.4 is 0 Å². The van der Waals surface area contributed by atoms with E-state index in [1.54, 1.807) is 0 Å². The Morgan fingerprint density at radius 2 is 1.78 bits per heavy atom. The molecule has 0 spiro atoms. The van der Waals surface area contributed by atoms with Crippen LogP contribution in [0.15, 0.2) is 36.1 Å². The summed E-state index contributed by atoms with van der Waals surface area (Å²) in [5, 5.41) is 20.5. The molecule has 0 heterocycles. The standard InChI is InChI=1S/C26H42O6/c1-18(2)16-22(27)31-25(3,4)17-26(5,6)32-24(29)20-14-12-19(13-15-20)23(28)30-21-10-8-7-9-11-21/h8,10-11,19-20,22-23,27-28H,1,7,9,12-17H2,2-6H3. The van der Waals surface area contributed by atoms with Gasteiger partial charge in [-0.15, -0.1) is 0 Å². The van der Waals surface area contributed by atoms with Gasteiger partial charge < -0.3 is 24.4 Å². The number of esters is 1. The molecular formula is C26H42O6. The van der Waals surface area contributed by atoms with E-state index in [4.69, 9.17) is 14.2 Å². The van der Waals surface area contributed by atoms with Gasteiger partial charge in [-0.3, -0.25) is 4.79 Å². The predicted molar refractivity (Wildman–Crippen MR) is 124 cm³/mol. The van der Waals surface area contributed by atoms with Crippen molar-refractivity contribution in [3.63, 3.8) is 0 Å². The highest BCUT2D eigenvalue weighted by Crippen LogP contribution is 2.35. The first kappa shape index (κ1) is 26.6. The molecule has 2 unspecified atom stereocenters. The fourth-order valence-electron chi connectivity index (χ4n) is 4.72. The summed E-state index contributed by atoms with van der Waals surface area (Å²) in [5.41, 5.74) is -0.556. The van der Waals surface area contributed by atoms with E-state index in [0.717, 1.165) is 37.0 Å². The molecule has 2 rings (SSSR count). The van der Waals surface area contributed by atoms with Crippen LogP contribution in [0.2, 0.25) is 0 Å². The lowest BCUT2D eigenvalue weighted by atomic mass is 9.81. The van der Waals surface area contributed by atoms with Gasteiger partial charge in [0.2, 0.25) is 0 Å². The second-order valence-electron chi connectivity index (χ2n) is 10.6. The maximum atomic E-state index is 12.8. The summed E-state index contributed by atoms with van der Waals surface area (Å²) in [5.74, 6) is 0.361. The van der Waals surface area contributed by atoms with Crippen molar-refractivity contribution < 1.29 is 29.2 Å². The van der Waals surface area contributed by atoms with Crippen LogP contribution in [0.5, 0.6) is 0 Å². The first-order chi connectivity index (χ1) is 14.9. The third kappa shape index (κ3) is 9.08. The first-order valence-corrected chi connectivity index (χ1v) is 11.8. The Balaban J connectivity index is 1.80. The zero-order valence-corrected chi connectivity index (χ0v) is 20.4. The molecule has 1 fully saturated rings. The number of carbonyl (C=O) groups is 1. The number of hydrogen-bond donors (Lipinski definition) is 2. The Kier molecular flexibility index (Phi) is 9.55. The van der Waals surface area contributed by atoms with Gasteiger partial charge in [-0.25, -0.2) is 0 Å². The number of ether oxygens (including phenoxy) is 3. The average molecular weight is 451 g/mol. The Morgan fingerprint density at radius 3 is 2.34 bits per heavy atom. The SMILES string of the molecule is C=C(C)CC(O)OC(C)(C)CC(C)(C)OC(=O)C1CCC(C(O)OC2=CCCC=C2)CC1. The monoisotopic (exact) mass is 450 g/mol. The van der Waals surface area contributed by atoms with E-state index in [9.17, 15) is 15.0 Å². The predicted octanol–water partition coefficient (Wildman–Crippen LogP) is 5.15. The number of rotatable bonds is 11. The van der Waals surface area contributed by atoms with E-state index in [0.29, 0.717) is 25.7 Å². The molecule has 2 atom stereocenters. The van der Waals surface area contributed by atoms with Crippen molar-refractivity contribution in [2.75, 3.05) is 0 Å². The Bertz CT molecular complexity index is 697. The molecule has 0 amide bonds. The number of aliphatic hydroxyl groups excluding tert-OH is 2. The zero-order valence-electron chi connectivity index (χ0n) is 20.4. The highest BCUT2D eigenvalue weighted by Gasteiger charge is 2.37. The number of aliphatic hydroxyl groups is 2. The van der Waals surface area contributed by atoms with Gasteiger partial charge in [0.05, 0.1) is 11.5 Å². The van der Waals surface area contributed by atoms with Gasteiger partial charge >= 0.3 is 5.97 Å². The van der Waals surface area contributed by atoms with Crippen molar-refractivity contribution in [3.05, 3.63) is 36.1 Å². The van der Waals surface area contributed by atoms with Crippen molar-refractivity contribution in [3.8, 4) is 0 Å². The summed E-state index contributed by atoms with van der Waals surface area (Å²) in [6, 6.07) is 0. The maximum Gasteiger partial charge on any atom is 0.309 e. The van der Waals surface area contributed by atoms with E-state index < -0.39 is 23.8 Å². The van der Waals surface area contributed by atoms with Gasteiger partial charge in [-0.2, -0.15) is 0 Å². The molecule has 0 bridgehead atoms. The topological polar surface area (TPSA) is 85.2 Å². The Morgan fingerprint density at radius 1 is 1.12 bits per heavy atom. The van der Waals surface area contributed by atoms with Gasteiger partial charge in [-0.1, -0.05) is 18.2 Å². The number of allylic oxidation sites excluding steroid dienone is 3. The molecule has 2 aliphatic rings. The van der Waals surface area contributed by atoms with Crippen LogP contribution >= 0.6 is 0 Å².